The van der Waals surface area contributed by atoms with Gasteiger partial charge in [0.2, 0.25) is 5.88 Å². The van der Waals surface area contributed by atoms with Crippen LogP contribution in [0, 0.1) is 11.8 Å². The first-order valence-corrected chi connectivity index (χ1v) is 8.46. The quantitative estimate of drug-likeness (QED) is 0.287. The zero-order valence-corrected chi connectivity index (χ0v) is 16.1. The Labute approximate surface area is 167 Å². The maximum Gasteiger partial charge on any atom is 0.275 e. The summed E-state index contributed by atoms with van der Waals surface area (Å²) in [7, 11) is 4.15. The van der Waals surface area contributed by atoms with Gasteiger partial charge in [-0.05, 0) is 30.3 Å². The molecule has 29 heavy (non-hydrogen) atoms. The van der Waals surface area contributed by atoms with Crippen LogP contribution in [0.15, 0.2) is 42.6 Å². The summed E-state index contributed by atoms with van der Waals surface area (Å²) in [6.45, 7) is 0. The Balaban J connectivity index is 2.16. The highest BCUT2D eigenvalue weighted by Crippen LogP contribution is 2.10. The fourth-order valence-electron chi connectivity index (χ4n) is 2.41. The first kappa shape index (κ1) is 21.4. The van der Waals surface area contributed by atoms with Crippen molar-refractivity contribution in [3.05, 3.63) is 59.3 Å². The summed E-state index contributed by atoms with van der Waals surface area (Å²) in [5.74, 6) is 4.08. The van der Waals surface area contributed by atoms with E-state index in [0.717, 1.165) is 4.90 Å². The summed E-state index contributed by atoms with van der Waals surface area (Å²) in [5, 5.41) is 11.1. The SMILES string of the molecule is CNC(=O)C(C(=O)NO)N(C)C(=O)c1ccc(C#Cc2ccc(OC)nc2)cc1. The van der Waals surface area contributed by atoms with Crippen molar-refractivity contribution in [1.29, 1.82) is 0 Å². The van der Waals surface area contributed by atoms with Gasteiger partial charge in [0, 0.05) is 43.0 Å². The number of methoxy groups -OCH3 is 1. The second kappa shape index (κ2) is 9.87. The van der Waals surface area contributed by atoms with E-state index in [1.54, 1.807) is 30.5 Å². The van der Waals surface area contributed by atoms with Crippen molar-refractivity contribution < 1.29 is 24.3 Å². The second-order valence-corrected chi connectivity index (χ2v) is 5.83. The molecule has 0 radical (unpaired) electrons. The van der Waals surface area contributed by atoms with Gasteiger partial charge in [-0.1, -0.05) is 11.8 Å². The highest BCUT2D eigenvalue weighted by molar-refractivity contribution is 6.08. The van der Waals surface area contributed by atoms with E-state index in [1.165, 1.54) is 38.8 Å². The Morgan fingerprint density at radius 1 is 1.07 bits per heavy atom. The third-order valence-corrected chi connectivity index (χ3v) is 3.99. The summed E-state index contributed by atoms with van der Waals surface area (Å²) < 4.78 is 4.99. The molecule has 0 aliphatic heterocycles. The summed E-state index contributed by atoms with van der Waals surface area (Å²) in [6, 6.07) is 8.32. The molecule has 3 amide bonds. The van der Waals surface area contributed by atoms with Crippen LogP contribution in [-0.2, 0) is 9.59 Å². The molecule has 0 aliphatic carbocycles. The molecular weight excluding hydrogens is 376 g/mol. The van der Waals surface area contributed by atoms with Crippen LogP contribution in [0.4, 0.5) is 0 Å². The third kappa shape index (κ3) is 5.31. The fourth-order valence-corrected chi connectivity index (χ4v) is 2.41. The first-order chi connectivity index (χ1) is 13.9. The first-order valence-electron chi connectivity index (χ1n) is 8.46. The normalized spacial score (nSPS) is 10.8. The maximum absolute atomic E-state index is 12.6. The van der Waals surface area contributed by atoms with E-state index < -0.39 is 23.8 Å². The van der Waals surface area contributed by atoms with Gasteiger partial charge in [0.15, 0.2) is 6.04 Å². The van der Waals surface area contributed by atoms with E-state index in [4.69, 9.17) is 9.94 Å². The van der Waals surface area contributed by atoms with Crippen LogP contribution < -0.4 is 15.5 Å². The molecule has 9 nitrogen and oxygen atoms in total. The number of hydrogen-bond acceptors (Lipinski definition) is 6. The fraction of sp³-hybridized carbons (Fsp3) is 0.200. The molecule has 0 fully saturated rings. The number of carbonyl (C=O) groups is 3. The van der Waals surface area contributed by atoms with Crippen LogP contribution in [0.3, 0.4) is 0 Å². The lowest BCUT2D eigenvalue weighted by Gasteiger charge is -2.25. The van der Waals surface area contributed by atoms with Crippen molar-refractivity contribution in [3.8, 4) is 17.7 Å². The van der Waals surface area contributed by atoms with E-state index in [9.17, 15) is 14.4 Å². The number of pyridine rings is 1. The Morgan fingerprint density at radius 2 is 1.69 bits per heavy atom. The van der Waals surface area contributed by atoms with E-state index in [0.29, 0.717) is 17.0 Å². The molecule has 9 heteroatoms. The van der Waals surface area contributed by atoms with Crippen molar-refractivity contribution in [2.75, 3.05) is 21.2 Å². The molecule has 2 aromatic rings. The molecule has 3 N–H and O–H groups in total. The van der Waals surface area contributed by atoms with Crippen LogP contribution in [0.25, 0.3) is 0 Å². The molecule has 2 rings (SSSR count). The summed E-state index contributed by atoms with van der Waals surface area (Å²) >= 11 is 0. The highest BCUT2D eigenvalue weighted by Gasteiger charge is 2.33. The molecule has 1 unspecified atom stereocenters. The second-order valence-electron chi connectivity index (χ2n) is 5.83. The Kier molecular flexibility index (Phi) is 7.28. The molecule has 1 aromatic carbocycles. The van der Waals surface area contributed by atoms with Gasteiger partial charge in [-0.3, -0.25) is 19.6 Å². The number of nitrogens with one attached hydrogen (secondary N) is 2. The third-order valence-electron chi connectivity index (χ3n) is 3.99. The number of carbonyl (C=O) groups excluding carboxylic acids is 3. The molecule has 0 saturated heterocycles. The van der Waals surface area contributed by atoms with Crippen LogP contribution >= 0.6 is 0 Å². The van der Waals surface area contributed by atoms with Gasteiger partial charge in [0.05, 0.1) is 7.11 Å². The van der Waals surface area contributed by atoms with Gasteiger partial charge < -0.3 is 15.0 Å². The van der Waals surface area contributed by atoms with E-state index in [1.807, 2.05) is 0 Å². The lowest BCUT2D eigenvalue weighted by molar-refractivity contribution is -0.140. The lowest BCUT2D eigenvalue weighted by atomic mass is 10.1. The topological polar surface area (TPSA) is 121 Å². The minimum Gasteiger partial charge on any atom is -0.481 e. The molecule has 0 bridgehead atoms. The Bertz CT molecular complexity index is 930. The molecule has 0 aliphatic rings. The van der Waals surface area contributed by atoms with Crippen LogP contribution in [-0.4, -0.2) is 60.1 Å². The number of ether oxygens (including phenoxy) is 1. The van der Waals surface area contributed by atoms with Gasteiger partial charge in [-0.2, -0.15) is 0 Å². The van der Waals surface area contributed by atoms with Gasteiger partial charge in [0.25, 0.3) is 17.7 Å². The van der Waals surface area contributed by atoms with Crippen LogP contribution in [0.1, 0.15) is 21.5 Å². The summed E-state index contributed by atoms with van der Waals surface area (Å²) in [5.41, 5.74) is 3.01. The number of likely N-dealkylation sites (N-methyl/N-ethyl adjacent to an activating group) is 2. The lowest BCUT2D eigenvalue weighted by Crippen LogP contribution is -2.54. The largest absolute Gasteiger partial charge is 0.481 e. The molecule has 1 heterocycles. The average molecular weight is 396 g/mol. The van der Waals surface area contributed by atoms with Gasteiger partial charge in [-0.15, -0.1) is 0 Å². The standard InChI is InChI=1S/C20H20N4O5/c1-21-18(25)17(19(26)23-28)24(2)20(27)15-9-6-13(7-10-15)4-5-14-8-11-16(29-3)22-12-14/h6-12,17,28H,1-3H3,(H,21,25)(H,23,26). The number of benzene rings is 1. The van der Waals surface area contributed by atoms with E-state index >= 15 is 0 Å². The number of amides is 3. The van der Waals surface area contributed by atoms with Crippen LogP contribution in [0.5, 0.6) is 5.88 Å². The van der Waals surface area contributed by atoms with Crippen molar-refractivity contribution in [3.63, 3.8) is 0 Å². The zero-order chi connectivity index (χ0) is 21.4. The number of nitrogens with zero attached hydrogens (tertiary/aromatic N) is 2. The minimum atomic E-state index is -1.51. The van der Waals surface area contributed by atoms with Crippen molar-refractivity contribution in [2.45, 2.75) is 6.04 Å². The maximum atomic E-state index is 12.6. The number of rotatable bonds is 5. The summed E-state index contributed by atoms with van der Waals surface area (Å²) in [6.07, 6.45) is 1.59. The molecule has 1 atom stereocenters. The Morgan fingerprint density at radius 3 is 2.21 bits per heavy atom. The van der Waals surface area contributed by atoms with Gasteiger partial charge in [0.1, 0.15) is 0 Å². The molecular formula is C20H20N4O5. The zero-order valence-electron chi connectivity index (χ0n) is 16.1. The van der Waals surface area contributed by atoms with E-state index in [-0.39, 0.29) is 5.56 Å². The number of aromatic nitrogens is 1. The van der Waals surface area contributed by atoms with Crippen molar-refractivity contribution in [1.82, 2.24) is 20.7 Å². The predicted molar refractivity (Wildman–Crippen MR) is 103 cm³/mol. The molecule has 0 saturated carbocycles. The molecule has 0 spiro atoms. The van der Waals surface area contributed by atoms with E-state index in [2.05, 4.69) is 22.1 Å². The number of hydroxylamine groups is 1. The van der Waals surface area contributed by atoms with Gasteiger partial charge in [-0.25, -0.2) is 10.5 Å². The summed E-state index contributed by atoms with van der Waals surface area (Å²) in [4.78, 5) is 41.3. The number of hydrogen-bond donors (Lipinski definition) is 3. The van der Waals surface area contributed by atoms with Gasteiger partial charge >= 0.3 is 0 Å². The molecule has 150 valence electrons. The van der Waals surface area contributed by atoms with Crippen molar-refractivity contribution in [2.24, 2.45) is 0 Å². The average Bonchev–Trinajstić information content (AvgIpc) is 2.77. The highest BCUT2D eigenvalue weighted by atomic mass is 16.5. The molecule has 1 aromatic heterocycles. The monoisotopic (exact) mass is 396 g/mol. The van der Waals surface area contributed by atoms with Crippen LogP contribution in [0.2, 0.25) is 0 Å². The Hall–Kier alpha value is -3.90. The minimum absolute atomic E-state index is 0.254. The predicted octanol–water partition coefficient (Wildman–Crippen LogP) is 0.182. The van der Waals surface area contributed by atoms with Crippen molar-refractivity contribution >= 4 is 17.7 Å². The smallest absolute Gasteiger partial charge is 0.275 e.